The third-order valence-electron chi connectivity index (χ3n) is 4.23. The molecule has 1 fully saturated rings. The molecular formula is C18H18Cl2N4O2. The minimum Gasteiger partial charge on any atom is -0.353 e. The smallest absolute Gasteiger partial charge is 0.255 e. The molecule has 2 amide bonds. The van der Waals surface area contributed by atoms with Gasteiger partial charge in [-0.3, -0.25) is 14.6 Å². The first-order chi connectivity index (χ1) is 12.5. The van der Waals surface area contributed by atoms with Crippen molar-refractivity contribution in [3.05, 3.63) is 52.3 Å². The van der Waals surface area contributed by atoms with Crippen LogP contribution in [-0.2, 0) is 4.79 Å². The lowest BCUT2D eigenvalue weighted by Crippen LogP contribution is -2.50. The quantitative estimate of drug-likeness (QED) is 0.868. The Morgan fingerprint density at radius 2 is 1.77 bits per heavy atom. The number of pyridine rings is 1. The van der Waals surface area contributed by atoms with Crippen molar-refractivity contribution >= 4 is 46.4 Å². The summed E-state index contributed by atoms with van der Waals surface area (Å²) in [6.45, 7) is 3.65. The van der Waals surface area contributed by atoms with Gasteiger partial charge in [-0.15, -0.1) is 0 Å². The van der Waals surface area contributed by atoms with Crippen LogP contribution in [0.3, 0.4) is 0 Å². The van der Waals surface area contributed by atoms with Gasteiger partial charge in [0, 0.05) is 39.3 Å². The van der Waals surface area contributed by atoms with Crippen molar-refractivity contribution in [1.29, 1.82) is 0 Å². The Balaban J connectivity index is 1.72. The van der Waals surface area contributed by atoms with E-state index in [-0.39, 0.29) is 11.8 Å². The number of piperazine rings is 1. The first-order valence-corrected chi connectivity index (χ1v) is 8.92. The largest absolute Gasteiger partial charge is 0.353 e. The number of hydrogen-bond donors (Lipinski definition) is 1. The van der Waals surface area contributed by atoms with E-state index in [0.29, 0.717) is 53.2 Å². The molecule has 0 saturated carbocycles. The van der Waals surface area contributed by atoms with Gasteiger partial charge in [0.25, 0.3) is 5.91 Å². The van der Waals surface area contributed by atoms with Crippen LogP contribution in [0.4, 0.5) is 11.4 Å². The van der Waals surface area contributed by atoms with Crippen molar-refractivity contribution in [3.63, 3.8) is 0 Å². The SMILES string of the molecule is CC(=O)N1CCN(C(=O)c2cncc(Nc3cccc(Cl)c3Cl)c2)CC1. The number of hydrogen-bond acceptors (Lipinski definition) is 4. The maximum atomic E-state index is 12.7. The normalized spacial score (nSPS) is 14.3. The summed E-state index contributed by atoms with van der Waals surface area (Å²) in [5, 5.41) is 3.98. The number of nitrogens with one attached hydrogen (secondary N) is 1. The minimum atomic E-state index is -0.110. The van der Waals surface area contributed by atoms with Crippen molar-refractivity contribution < 1.29 is 9.59 Å². The van der Waals surface area contributed by atoms with Crippen LogP contribution in [0.5, 0.6) is 0 Å². The van der Waals surface area contributed by atoms with Gasteiger partial charge in [-0.05, 0) is 18.2 Å². The van der Waals surface area contributed by atoms with Crippen LogP contribution in [0.2, 0.25) is 10.0 Å². The Morgan fingerprint density at radius 1 is 1.08 bits per heavy atom. The molecule has 136 valence electrons. The molecule has 1 aromatic heterocycles. The van der Waals surface area contributed by atoms with Crippen LogP contribution in [0, 0.1) is 0 Å². The molecule has 1 aliphatic heterocycles. The Labute approximate surface area is 161 Å². The second kappa shape index (κ2) is 7.93. The fraction of sp³-hybridized carbons (Fsp3) is 0.278. The molecule has 0 atom stereocenters. The molecule has 0 radical (unpaired) electrons. The molecule has 2 heterocycles. The van der Waals surface area contributed by atoms with Crippen LogP contribution in [0.15, 0.2) is 36.7 Å². The highest BCUT2D eigenvalue weighted by atomic mass is 35.5. The zero-order chi connectivity index (χ0) is 18.7. The lowest BCUT2D eigenvalue weighted by molar-refractivity contribution is -0.130. The van der Waals surface area contributed by atoms with E-state index >= 15 is 0 Å². The van der Waals surface area contributed by atoms with Gasteiger partial charge < -0.3 is 15.1 Å². The van der Waals surface area contributed by atoms with Crippen LogP contribution < -0.4 is 5.32 Å². The number of rotatable bonds is 3. The fourth-order valence-electron chi connectivity index (χ4n) is 2.79. The highest BCUT2D eigenvalue weighted by molar-refractivity contribution is 6.43. The monoisotopic (exact) mass is 392 g/mol. The summed E-state index contributed by atoms with van der Waals surface area (Å²) in [6, 6.07) is 7.01. The van der Waals surface area contributed by atoms with Crippen LogP contribution in [0.1, 0.15) is 17.3 Å². The molecule has 1 saturated heterocycles. The zero-order valence-corrected chi connectivity index (χ0v) is 15.7. The molecule has 3 rings (SSSR count). The van der Waals surface area contributed by atoms with Gasteiger partial charge in [0.1, 0.15) is 0 Å². The topological polar surface area (TPSA) is 65.5 Å². The van der Waals surface area contributed by atoms with Crippen molar-refractivity contribution in [3.8, 4) is 0 Å². The van der Waals surface area contributed by atoms with Gasteiger partial charge in [-0.2, -0.15) is 0 Å². The molecule has 1 aromatic carbocycles. The maximum Gasteiger partial charge on any atom is 0.255 e. The Bertz CT molecular complexity index is 836. The van der Waals surface area contributed by atoms with E-state index in [9.17, 15) is 9.59 Å². The number of amides is 2. The Morgan fingerprint density at radius 3 is 2.46 bits per heavy atom. The molecule has 1 aliphatic rings. The third-order valence-corrected chi connectivity index (χ3v) is 5.05. The molecule has 1 N–H and O–H groups in total. The molecule has 8 heteroatoms. The number of benzene rings is 1. The number of carbonyl (C=O) groups excluding carboxylic acids is 2. The van der Waals surface area contributed by atoms with Gasteiger partial charge in [-0.1, -0.05) is 29.3 Å². The highest BCUT2D eigenvalue weighted by Gasteiger charge is 2.23. The lowest BCUT2D eigenvalue weighted by atomic mass is 10.2. The van der Waals surface area contributed by atoms with E-state index in [0.717, 1.165) is 0 Å². The number of carbonyl (C=O) groups is 2. The number of halogens is 2. The molecular weight excluding hydrogens is 375 g/mol. The molecule has 0 unspecified atom stereocenters. The van der Waals surface area contributed by atoms with E-state index in [1.165, 1.54) is 13.1 Å². The summed E-state index contributed by atoms with van der Waals surface area (Å²) in [5.74, 6) is -0.0788. The third kappa shape index (κ3) is 4.08. The Kier molecular flexibility index (Phi) is 5.64. The average Bonchev–Trinajstić information content (AvgIpc) is 2.65. The van der Waals surface area contributed by atoms with E-state index in [2.05, 4.69) is 10.3 Å². The van der Waals surface area contributed by atoms with Crippen LogP contribution in [0.25, 0.3) is 0 Å². The van der Waals surface area contributed by atoms with Crippen molar-refractivity contribution in [2.45, 2.75) is 6.92 Å². The number of nitrogens with zero attached hydrogens (tertiary/aromatic N) is 3. The van der Waals surface area contributed by atoms with Crippen LogP contribution >= 0.6 is 23.2 Å². The summed E-state index contributed by atoms with van der Waals surface area (Å²) in [5.41, 5.74) is 1.76. The van der Waals surface area contributed by atoms with E-state index < -0.39 is 0 Å². The van der Waals surface area contributed by atoms with Crippen molar-refractivity contribution in [1.82, 2.24) is 14.8 Å². The average molecular weight is 393 g/mol. The molecule has 0 bridgehead atoms. The molecule has 0 spiro atoms. The summed E-state index contributed by atoms with van der Waals surface area (Å²) in [7, 11) is 0. The second-order valence-electron chi connectivity index (χ2n) is 5.99. The first-order valence-electron chi connectivity index (χ1n) is 8.16. The fourth-order valence-corrected chi connectivity index (χ4v) is 3.14. The summed E-state index contributed by atoms with van der Waals surface area (Å²) < 4.78 is 0. The second-order valence-corrected chi connectivity index (χ2v) is 6.77. The van der Waals surface area contributed by atoms with E-state index in [1.54, 1.807) is 40.3 Å². The predicted octanol–water partition coefficient (Wildman–Crippen LogP) is 3.44. The predicted molar refractivity (Wildman–Crippen MR) is 102 cm³/mol. The molecule has 26 heavy (non-hydrogen) atoms. The molecule has 6 nitrogen and oxygen atoms in total. The zero-order valence-electron chi connectivity index (χ0n) is 14.2. The van der Waals surface area contributed by atoms with Gasteiger partial charge in [0.15, 0.2) is 0 Å². The standard InChI is InChI=1S/C18H18Cl2N4O2/c1-12(25)23-5-7-24(8-6-23)18(26)13-9-14(11-21-10-13)22-16-4-2-3-15(19)17(16)20/h2-4,9-11,22H,5-8H2,1H3. The summed E-state index contributed by atoms with van der Waals surface area (Å²) >= 11 is 12.2. The van der Waals surface area contributed by atoms with Gasteiger partial charge >= 0.3 is 0 Å². The van der Waals surface area contributed by atoms with Crippen molar-refractivity contribution in [2.75, 3.05) is 31.5 Å². The first kappa shape index (κ1) is 18.5. The van der Waals surface area contributed by atoms with Gasteiger partial charge in [-0.25, -0.2) is 0 Å². The van der Waals surface area contributed by atoms with Gasteiger partial charge in [0.2, 0.25) is 5.91 Å². The summed E-state index contributed by atoms with van der Waals surface area (Å²) in [6.07, 6.45) is 3.14. The van der Waals surface area contributed by atoms with Crippen molar-refractivity contribution in [2.24, 2.45) is 0 Å². The lowest BCUT2D eigenvalue weighted by Gasteiger charge is -2.34. The van der Waals surface area contributed by atoms with Gasteiger partial charge in [0.05, 0.1) is 33.2 Å². The Hall–Kier alpha value is -2.31. The highest BCUT2D eigenvalue weighted by Crippen LogP contribution is 2.31. The van der Waals surface area contributed by atoms with E-state index in [4.69, 9.17) is 23.2 Å². The minimum absolute atomic E-state index is 0.0309. The summed E-state index contributed by atoms with van der Waals surface area (Å²) in [4.78, 5) is 31.7. The van der Waals surface area contributed by atoms with E-state index in [1.807, 2.05) is 0 Å². The molecule has 2 aromatic rings. The maximum absolute atomic E-state index is 12.7. The van der Waals surface area contributed by atoms with Crippen LogP contribution in [-0.4, -0.2) is 52.8 Å². The number of anilines is 2. The molecule has 0 aliphatic carbocycles. The number of aromatic nitrogens is 1.